The highest BCUT2D eigenvalue weighted by Crippen LogP contribution is 2.21. The van der Waals surface area contributed by atoms with Gasteiger partial charge in [0.15, 0.2) is 5.78 Å². The van der Waals surface area contributed by atoms with Gasteiger partial charge in [-0.15, -0.1) is 0 Å². The van der Waals surface area contributed by atoms with Crippen molar-refractivity contribution in [3.63, 3.8) is 0 Å². The number of carbonyl (C=O) groups is 1. The van der Waals surface area contributed by atoms with Crippen molar-refractivity contribution < 1.29 is 9.53 Å². The molecule has 0 saturated heterocycles. The molecule has 14 heavy (non-hydrogen) atoms. The van der Waals surface area contributed by atoms with E-state index < -0.39 is 0 Å². The fraction of sp³-hybridized carbons (Fsp3) is 0.417. The second-order valence-electron chi connectivity index (χ2n) is 3.65. The highest BCUT2D eigenvalue weighted by Gasteiger charge is 2.19. The van der Waals surface area contributed by atoms with Crippen molar-refractivity contribution in [2.75, 3.05) is 6.61 Å². The van der Waals surface area contributed by atoms with E-state index >= 15 is 0 Å². The summed E-state index contributed by atoms with van der Waals surface area (Å²) in [5.74, 6) is 0.0810. The van der Waals surface area contributed by atoms with Crippen molar-refractivity contribution in [2.24, 2.45) is 0 Å². The molecular weight excluding hydrogens is 176 g/mol. The Bertz CT molecular complexity index is 301. The van der Waals surface area contributed by atoms with Crippen LogP contribution in [0.1, 0.15) is 29.6 Å². The van der Waals surface area contributed by atoms with Gasteiger partial charge in [-0.3, -0.25) is 4.79 Å². The van der Waals surface area contributed by atoms with E-state index in [9.17, 15) is 4.79 Å². The van der Waals surface area contributed by atoms with Gasteiger partial charge in [-0.25, -0.2) is 0 Å². The van der Waals surface area contributed by atoms with Gasteiger partial charge in [0.2, 0.25) is 0 Å². The maximum Gasteiger partial charge on any atom is 0.188 e. The minimum absolute atomic E-state index is 0.0810. The van der Waals surface area contributed by atoms with Gasteiger partial charge in [-0.1, -0.05) is 30.3 Å². The van der Waals surface area contributed by atoms with E-state index in [0.717, 1.165) is 18.4 Å². The van der Waals surface area contributed by atoms with Crippen molar-refractivity contribution in [1.82, 2.24) is 0 Å². The molecule has 1 aromatic rings. The molecular formula is C12H14O2. The number of carbonyl (C=O) groups excluding carboxylic acids is 1. The van der Waals surface area contributed by atoms with E-state index in [0.29, 0.717) is 6.10 Å². The van der Waals surface area contributed by atoms with Crippen molar-refractivity contribution in [3.05, 3.63) is 35.9 Å². The van der Waals surface area contributed by atoms with Crippen LogP contribution in [0.5, 0.6) is 0 Å². The average molecular weight is 190 g/mol. The summed E-state index contributed by atoms with van der Waals surface area (Å²) in [6.07, 6.45) is 3.80. The van der Waals surface area contributed by atoms with Crippen molar-refractivity contribution in [3.8, 4) is 0 Å². The Morgan fingerprint density at radius 2 is 2.00 bits per heavy atom. The molecule has 1 saturated carbocycles. The summed E-state index contributed by atoms with van der Waals surface area (Å²) >= 11 is 0. The molecule has 2 nitrogen and oxygen atoms in total. The van der Waals surface area contributed by atoms with E-state index in [2.05, 4.69) is 0 Å². The first-order valence-electron chi connectivity index (χ1n) is 5.06. The van der Waals surface area contributed by atoms with E-state index in [-0.39, 0.29) is 12.4 Å². The zero-order chi connectivity index (χ0) is 9.80. The van der Waals surface area contributed by atoms with Crippen LogP contribution in [0.25, 0.3) is 0 Å². The SMILES string of the molecule is O=C(COC1CCC1)c1ccccc1. The molecule has 0 aliphatic heterocycles. The Labute approximate surface area is 83.9 Å². The lowest BCUT2D eigenvalue weighted by molar-refractivity contribution is 0.00731. The zero-order valence-electron chi connectivity index (χ0n) is 8.11. The van der Waals surface area contributed by atoms with Gasteiger partial charge in [-0.2, -0.15) is 0 Å². The molecule has 0 atom stereocenters. The maximum atomic E-state index is 11.6. The second kappa shape index (κ2) is 4.38. The Morgan fingerprint density at radius 3 is 2.57 bits per heavy atom. The van der Waals surface area contributed by atoms with E-state index in [1.54, 1.807) is 0 Å². The fourth-order valence-electron chi connectivity index (χ4n) is 1.44. The van der Waals surface area contributed by atoms with Crippen LogP contribution in [0, 0.1) is 0 Å². The Kier molecular flexibility index (Phi) is 2.94. The molecule has 1 aliphatic rings. The number of benzene rings is 1. The van der Waals surface area contributed by atoms with Gasteiger partial charge >= 0.3 is 0 Å². The minimum Gasteiger partial charge on any atom is -0.370 e. The van der Waals surface area contributed by atoms with Gasteiger partial charge in [0.05, 0.1) is 6.10 Å². The quantitative estimate of drug-likeness (QED) is 0.681. The third kappa shape index (κ3) is 2.20. The Balaban J connectivity index is 1.83. The van der Waals surface area contributed by atoms with E-state index in [1.807, 2.05) is 30.3 Å². The van der Waals surface area contributed by atoms with Crippen LogP contribution in [-0.4, -0.2) is 18.5 Å². The van der Waals surface area contributed by atoms with Crippen LogP contribution in [-0.2, 0) is 4.74 Å². The minimum atomic E-state index is 0.0810. The van der Waals surface area contributed by atoms with Gasteiger partial charge < -0.3 is 4.74 Å². The molecule has 0 amide bonds. The summed E-state index contributed by atoms with van der Waals surface area (Å²) < 4.78 is 5.44. The number of Topliss-reactive ketones (excluding diaryl/α,β-unsaturated/α-hetero) is 1. The maximum absolute atomic E-state index is 11.6. The smallest absolute Gasteiger partial charge is 0.188 e. The number of hydrogen-bond acceptors (Lipinski definition) is 2. The van der Waals surface area contributed by atoms with Gasteiger partial charge in [0.1, 0.15) is 6.61 Å². The first-order chi connectivity index (χ1) is 6.86. The highest BCUT2D eigenvalue weighted by atomic mass is 16.5. The third-order valence-electron chi connectivity index (χ3n) is 2.60. The second-order valence-corrected chi connectivity index (χ2v) is 3.65. The lowest BCUT2D eigenvalue weighted by Crippen LogP contribution is -2.24. The summed E-state index contributed by atoms with van der Waals surface area (Å²) in [4.78, 5) is 11.6. The summed E-state index contributed by atoms with van der Waals surface area (Å²) in [6.45, 7) is 0.231. The van der Waals surface area contributed by atoms with Crippen molar-refractivity contribution in [2.45, 2.75) is 25.4 Å². The Hall–Kier alpha value is -1.15. The number of ketones is 1. The molecule has 0 aromatic heterocycles. The fourth-order valence-corrected chi connectivity index (χ4v) is 1.44. The summed E-state index contributed by atoms with van der Waals surface area (Å²) in [5, 5.41) is 0. The van der Waals surface area contributed by atoms with Crippen LogP contribution >= 0.6 is 0 Å². The summed E-state index contributed by atoms with van der Waals surface area (Å²) in [7, 11) is 0. The highest BCUT2D eigenvalue weighted by molar-refractivity contribution is 5.96. The van der Waals surface area contributed by atoms with E-state index in [4.69, 9.17) is 4.74 Å². The molecule has 1 fully saturated rings. The largest absolute Gasteiger partial charge is 0.370 e. The third-order valence-corrected chi connectivity index (χ3v) is 2.60. The van der Waals surface area contributed by atoms with Gasteiger partial charge in [-0.05, 0) is 19.3 Å². The van der Waals surface area contributed by atoms with Crippen molar-refractivity contribution >= 4 is 5.78 Å². The van der Waals surface area contributed by atoms with Crippen LogP contribution in [0.15, 0.2) is 30.3 Å². The lowest BCUT2D eigenvalue weighted by Gasteiger charge is -2.24. The lowest BCUT2D eigenvalue weighted by atomic mass is 9.96. The first kappa shape index (κ1) is 9.41. The molecule has 1 aliphatic carbocycles. The van der Waals surface area contributed by atoms with E-state index in [1.165, 1.54) is 6.42 Å². The van der Waals surface area contributed by atoms with Crippen LogP contribution in [0.3, 0.4) is 0 Å². The number of hydrogen-bond donors (Lipinski definition) is 0. The number of rotatable bonds is 4. The number of ether oxygens (including phenoxy) is 1. The van der Waals surface area contributed by atoms with Gasteiger partial charge in [0.25, 0.3) is 0 Å². The molecule has 74 valence electrons. The topological polar surface area (TPSA) is 26.3 Å². The van der Waals surface area contributed by atoms with Crippen molar-refractivity contribution in [1.29, 1.82) is 0 Å². The molecule has 0 radical (unpaired) electrons. The molecule has 1 aromatic carbocycles. The summed E-state index contributed by atoms with van der Waals surface area (Å²) in [6, 6.07) is 9.30. The average Bonchev–Trinajstić information content (AvgIpc) is 2.16. The normalized spacial score (nSPS) is 16.3. The molecule has 2 rings (SSSR count). The molecule has 0 spiro atoms. The molecule has 0 N–H and O–H groups in total. The van der Waals surface area contributed by atoms with Crippen LogP contribution in [0.4, 0.5) is 0 Å². The monoisotopic (exact) mass is 190 g/mol. The molecule has 2 heteroatoms. The predicted molar refractivity (Wildman–Crippen MR) is 54.4 cm³/mol. The predicted octanol–water partition coefficient (Wildman–Crippen LogP) is 2.44. The molecule has 0 heterocycles. The van der Waals surface area contributed by atoms with Gasteiger partial charge in [0, 0.05) is 5.56 Å². The Morgan fingerprint density at radius 1 is 1.29 bits per heavy atom. The van der Waals surface area contributed by atoms with Crippen LogP contribution in [0.2, 0.25) is 0 Å². The van der Waals surface area contributed by atoms with Crippen LogP contribution < -0.4 is 0 Å². The summed E-state index contributed by atoms with van der Waals surface area (Å²) in [5.41, 5.74) is 0.742. The zero-order valence-corrected chi connectivity index (χ0v) is 8.11. The molecule has 0 unspecified atom stereocenters. The molecule has 0 bridgehead atoms. The standard InChI is InChI=1S/C12H14O2/c13-12(9-14-11-7-4-8-11)10-5-2-1-3-6-10/h1-3,5-6,11H,4,7-9H2. The first-order valence-corrected chi connectivity index (χ1v) is 5.06.